The molecule has 0 aliphatic rings. The largest absolute Gasteiger partial charge is 0.573 e. The fourth-order valence-electron chi connectivity index (χ4n) is 1.39. The van der Waals surface area contributed by atoms with E-state index in [9.17, 15) is 13.2 Å². The Morgan fingerprint density at radius 3 is 2.25 bits per heavy atom. The third-order valence-electron chi connectivity index (χ3n) is 2.23. The van der Waals surface area contributed by atoms with Gasteiger partial charge in [-0.1, -0.05) is 23.7 Å². The third kappa shape index (κ3) is 4.58. The minimum absolute atomic E-state index is 0.260. The highest BCUT2D eigenvalue weighted by Crippen LogP contribution is 2.22. The summed E-state index contributed by atoms with van der Waals surface area (Å²) in [5.74, 6) is 0.119. The van der Waals surface area contributed by atoms with Crippen molar-refractivity contribution in [3.8, 4) is 5.75 Å². The number of nitrogens with zero attached hydrogens (tertiary/aromatic N) is 2. The molecule has 0 spiro atoms. The SMILES string of the molecule is FC(F)(F)Oc1ccc(CNc2ncc(Cl)cn2)cc1. The first-order valence-corrected chi connectivity index (χ1v) is 5.86. The van der Waals surface area contributed by atoms with Crippen molar-refractivity contribution in [2.24, 2.45) is 0 Å². The zero-order valence-corrected chi connectivity index (χ0v) is 10.7. The molecule has 4 nitrogen and oxygen atoms in total. The quantitative estimate of drug-likeness (QED) is 0.936. The average molecular weight is 304 g/mol. The van der Waals surface area contributed by atoms with Crippen molar-refractivity contribution in [2.75, 3.05) is 5.32 Å². The van der Waals surface area contributed by atoms with E-state index >= 15 is 0 Å². The molecule has 0 radical (unpaired) electrons. The number of nitrogens with one attached hydrogen (secondary N) is 1. The molecule has 106 valence electrons. The van der Waals surface area contributed by atoms with Gasteiger partial charge in [-0.15, -0.1) is 13.2 Å². The van der Waals surface area contributed by atoms with E-state index in [1.165, 1.54) is 36.7 Å². The highest BCUT2D eigenvalue weighted by Gasteiger charge is 2.30. The van der Waals surface area contributed by atoms with Crippen molar-refractivity contribution in [3.05, 3.63) is 47.2 Å². The Morgan fingerprint density at radius 1 is 1.10 bits per heavy atom. The molecule has 0 unspecified atom stereocenters. The average Bonchev–Trinajstić information content (AvgIpc) is 2.38. The van der Waals surface area contributed by atoms with E-state index in [2.05, 4.69) is 20.0 Å². The summed E-state index contributed by atoms with van der Waals surface area (Å²) < 4.78 is 39.7. The van der Waals surface area contributed by atoms with Crippen LogP contribution in [0.25, 0.3) is 0 Å². The smallest absolute Gasteiger partial charge is 0.406 e. The third-order valence-corrected chi connectivity index (χ3v) is 2.42. The standard InChI is InChI=1S/C12H9ClF3N3O/c13-9-6-18-11(19-7-9)17-5-8-1-3-10(4-2-8)20-12(14,15)16/h1-4,6-7H,5H2,(H,17,18,19). The molecule has 20 heavy (non-hydrogen) atoms. The van der Waals surface area contributed by atoms with Gasteiger partial charge in [0.15, 0.2) is 0 Å². The molecular weight excluding hydrogens is 295 g/mol. The number of benzene rings is 1. The minimum atomic E-state index is -4.68. The summed E-state index contributed by atoms with van der Waals surface area (Å²) in [5.41, 5.74) is 0.762. The maximum atomic E-state index is 12.0. The number of alkyl halides is 3. The predicted molar refractivity (Wildman–Crippen MR) is 67.5 cm³/mol. The van der Waals surface area contributed by atoms with E-state index < -0.39 is 6.36 Å². The van der Waals surface area contributed by atoms with E-state index in [-0.39, 0.29) is 5.75 Å². The van der Waals surface area contributed by atoms with E-state index in [0.29, 0.717) is 17.5 Å². The molecular formula is C12H9ClF3N3O. The van der Waals surface area contributed by atoms with E-state index in [4.69, 9.17) is 11.6 Å². The Balaban J connectivity index is 1.92. The first-order valence-electron chi connectivity index (χ1n) is 5.48. The number of hydrogen-bond acceptors (Lipinski definition) is 4. The van der Waals surface area contributed by atoms with Gasteiger partial charge in [0.1, 0.15) is 5.75 Å². The van der Waals surface area contributed by atoms with Gasteiger partial charge in [-0.05, 0) is 17.7 Å². The lowest BCUT2D eigenvalue weighted by molar-refractivity contribution is -0.274. The van der Waals surface area contributed by atoms with E-state index in [1.807, 2.05) is 0 Å². The summed E-state index contributed by atoms with van der Waals surface area (Å²) in [4.78, 5) is 7.86. The predicted octanol–water partition coefficient (Wildman–Crippen LogP) is 3.64. The summed E-state index contributed by atoms with van der Waals surface area (Å²) in [7, 11) is 0. The van der Waals surface area contributed by atoms with Gasteiger partial charge < -0.3 is 10.1 Å². The summed E-state index contributed by atoms with van der Waals surface area (Å²) in [6.07, 6.45) is -1.80. The monoisotopic (exact) mass is 303 g/mol. The highest BCUT2D eigenvalue weighted by molar-refractivity contribution is 6.30. The molecule has 0 saturated carbocycles. The number of rotatable bonds is 4. The van der Waals surface area contributed by atoms with Gasteiger partial charge in [0.05, 0.1) is 17.4 Å². The minimum Gasteiger partial charge on any atom is -0.406 e. The molecule has 1 aromatic heterocycles. The van der Waals surface area contributed by atoms with E-state index in [1.54, 1.807) is 0 Å². The molecule has 0 saturated heterocycles. The van der Waals surface area contributed by atoms with Crippen LogP contribution in [0.4, 0.5) is 19.1 Å². The number of ether oxygens (including phenoxy) is 1. The molecule has 0 bridgehead atoms. The molecule has 0 atom stereocenters. The van der Waals surface area contributed by atoms with Gasteiger partial charge >= 0.3 is 6.36 Å². The van der Waals surface area contributed by atoms with Crippen molar-refractivity contribution in [3.63, 3.8) is 0 Å². The van der Waals surface area contributed by atoms with Crippen LogP contribution in [-0.4, -0.2) is 16.3 Å². The van der Waals surface area contributed by atoms with Gasteiger partial charge in [-0.3, -0.25) is 0 Å². The van der Waals surface area contributed by atoms with Crippen LogP contribution in [0.5, 0.6) is 5.75 Å². The van der Waals surface area contributed by atoms with Crippen LogP contribution >= 0.6 is 11.6 Å². The highest BCUT2D eigenvalue weighted by atomic mass is 35.5. The molecule has 2 rings (SSSR count). The molecule has 1 aromatic carbocycles. The van der Waals surface area contributed by atoms with Gasteiger partial charge in [-0.25, -0.2) is 9.97 Å². The lowest BCUT2D eigenvalue weighted by Crippen LogP contribution is -2.17. The number of hydrogen-bond donors (Lipinski definition) is 1. The Morgan fingerprint density at radius 2 is 1.70 bits per heavy atom. The summed E-state index contributed by atoms with van der Waals surface area (Å²) in [6.45, 7) is 0.369. The van der Waals surface area contributed by atoms with Gasteiger partial charge in [0, 0.05) is 6.54 Å². The fourth-order valence-corrected chi connectivity index (χ4v) is 1.49. The molecule has 0 aliphatic heterocycles. The van der Waals surface area contributed by atoms with Crippen molar-refractivity contribution >= 4 is 17.5 Å². The summed E-state index contributed by atoms with van der Waals surface area (Å²) in [5, 5.41) is 3.33. The molecule has 2 aromatic rings. The van der Waals surface area contributed by atoms with Crippen molar-refractivity contribution in [1.29, 1.82) is 0 Å². The van der Waals surface area contributed by atoms with Crippen LogP contribution in [0, 0.1) is 0 Å². The Kier molecular flexibility index (Phi) is 4.29. The van der Waals surface area contributed by atoms with Crippen LogP contribution < -0.4 is 10.1 Å². The molecule has 0 amide bonds. The maximum Gasteiger partial charge on any atom is 0.573 e. The second kappa shape index (κ2) is 5.96. The molecule has 8 heteroatoms. The van der Waals surface area contributed by atoms with Gasteiger partial charge in [0.2, 0.25) is 5.95 Å². The zero-order chi connectivity index (χ0) is 14.6. The molecule has 1 N–H and O–H groups in total. The van der Waals surface area contributed by atoms with Crippen LogP contribution in [-0.2, 0) is 6.54 Å². The second-order valence-corrected chi connectivity index (χ2v) is 4.21. The lowest BCUT2D eigenvalue weighted by atomic mass is 10.2. The van der Waals surface area contributed by atoms with E-state index in [0.717, 1.165) is 5.56 Å². The molecule has 0 aliphatic carbocycles. The van der Waals surface area contributed by atoms with Crippen molar-refractivity contribution in [2.45, 2.75) is 12.9 Å². The topological polar surface area (TPSA) is 47.0 Å². The lowest BCUT2D eigenvalue weighted by Gasteiger charge is -2.09. The first kappa shape index (κ1) is 14.4. The van der Waals surface area contributed by atoms with Gasteiger partial charge in [0.25, 0.3) is 0 Å². The Labute approximate surface area is 117 Å². The number of aromatic nitrogens is 2. The Bertz CT molecular complexity index is 558. The summed E-state index contributed by atoms with van der Waals surface area (Å²) in [6, 6.07) is 5.52. The Hall–Kier alpha value is -2.02. The normalized spacial score (nSPS) is 11.2. The fraction of sp³-hybridized carbons (Fsp3) is 0.167. The van der Waals surface area contributed by atoms with Crippen molar-refractivity contribution < 1.29 is 17.9 Å². The van der Waals surface area contributed by atoms with Crippen LogP contribution in [0.15, 0.2) is 36.7 Å². The summed E-state index contributed by atoms with van der Waals surface area (Å²) >= 11 is 5.64. The first-order chi connectivity index (χ1) is 9.42. The number of anilines is 1. The van der Waals surface area contributed by atoms with Crippen molar-refractivity contribution in [1.82, 2.24) is 9.97 Å². The maximum absolute atomic E-state index is 12.0. The van der Waals surface area contributed by atoms with Crippen LogP contribution in [0.2, 0.25) is 5.02 Å². The number of halogens is 4. The van der Waals surface area contributed by atoms with Crippen LogP contribution in [0.3, 0.4) is 0 Å². The van der Waals surface area contributed by atoms with Crippen LogP contribution in [0.1, 0.15) is 5.56 Å². The second-order valence-electron chi connectivity index (χ2n) is 3.77. The van der Waals surface area contributed by atoms with Gasteiger partial charge in [-0.2, -0.15) is 0 Å². The molecule has 0 fully saturated rings. The molecule has 1 heterocycles. The zero-order valence-electron chi connectivity index (χ0n) is 9.99.